The highest BCUT2D eigenvalue weighted by molar-refractivity contribution is 6.36. The minimum atomic E-state index is -0.395. The van der Waals surface area contributed by atoms with Crippen LogP contribution in [-0.4, -0.2) is 40.4 Å². The zero-order chi connectivity index (χ0) is 16.0. The van der Waals surface area contributed by atoms with Crippen LogP contribution >= 0.6 is 23.2 Å². The molecule has 0 spiro atoms. The third-order valence-electron chi connectivity index (χ3n) is 4.54. The van der Waals surface area contributed by atoms with Crippen molar-refractivity contribution in [1.82, 2.24) is 10.2 Å². The van der Waals surface area contributed by atoms with E-state index in [1.54, 1.807) is 6.92 Å². The molecule has 1 saturated carbocycles. The molecule has 3 atom stereocenters. The first-order chi connectivity index (χ1) is 10.4. The van der Waals surface area contributed by atoms with Crippen molar-refractivity contribution in [3.05, 3.63) is 27.7 Å². The molecule has 0 unspecified atom stereocenters. The fourth-order valence-electron chi connectivity index (χ4n) is 3.50. The highest BCUT2D eigenvalue weighted by atomic mass is 35.5. The van der Waals surface area contributed by atoms with Crippen molar-refractivity contribution in [3.8, 4) is 5.75 Å². The number of phenolic OH excluding ortho intramolecular Hbond substituents is 1. The van der Waals surface area contributed by atoms with Gasteiger partial charge in [-0.2, -0.15) is 0 Å². The number of hydrogen-bond donors (Lipinski definition) is 2. The molecule has 1 aromatic rings. The SMILES string of the molecule is CC(=O)N1C[C@H]2C[C@@H]1C[C@@H]2NC(=O)c1cc(Cl)cc(Cl)c1O. The van der Waals surface area contributed by atoms with Crippen LogP contribution in [0.4, 0.5) is 0 Å². The van der Waals surface area contributed by atoms with E-state index in [9.17, 15) is 14.7 Å². The fraction of sp³-hybridized carbons (Fsp3) is 0.467. The van der Waals surface area contributed by atoms with Gasteiger partial charge in [0.05, 0.1) is 10.6 Å². The van der Waals surface area contributed by atoms with Gasteiger partial charge in [0, 0.05) is 30.6 Å². The molecule has 1 aliphatic carbocycles. The lowest BCUT2D eigenvalue weighted by Gasteiger charge is -2.31. The Kier molecular flexibility index (Phi) is 3.95. The Hall–Kier alpha value is -1.46. The van der Waals surface area contributed by atoms with E-state index in [1.165, 1.54) is 12.1 Å². The van der Waals surface area contributed by atoms with Crippen molar-refractivity contribution in [2.45, 2.75) is 31.8 Å². The van der Waals surface area contributed by atoms with Crippen molar-refractivity contribution in [3.63, 3.8) is 0 Å². The summed E-state index contributed by atoms with van der Waals surface area (Å²) in [7, 11) is 0. The van der Waals surface area contributed by atoms with E-state index in [0.717, 1.165) is 12.8 Å². The molecule has 5 nitrogen and oxygen atoms in total. The van der Waals surface area contributed by atoms with Crippen molar-refractivity contribution in [2.75, 3.05) is 6.54 Å². The number of carbonyl (C=O) groups is 2. The quantitative estimate of drug-likeness (QED) is 0.867. The van der Waals surface area contributed by atoms with Gasteiger partial charge in [-0.05, 0) is 30.9 Å². The summed E-state index contributed by atoms with van der Waals surface area (Å²) < 4.78 is 0. The number of amides is 2. The normalized spacial score (nSPS) is 26.3. The Morgan fingerprint density at radius 2 is 2.05 bits per heavy atom. The average Bonchev–Trinajstić information content (AvgIpc) is 3.02. The molecule has 0 aromatic heterocycles. The van der Waals surface area contributed by atoms with Gasteiger partial charge >= 0.3 is 0 Å². The predicted octanol–water partition coefficient (Wildman–Crippen LogP) is 2.44. The Morgan fingerprint density at radius 3 is 2.64 bits per heavy atom. The monoisotopic (exact) mass is 342 g/mol. The van der Waals surface area contributed by atoms with E-state index in [2.05, 4.69) is 5.32 Å². The van der Waals surface area contributed by atoms with Gasteiger partial charge in [0.2, 0.25) is 5.91 Å². The molecular formula is C15H16Cl2N2O3. The first kappa shape index (κ1) is 15.4. The zero-order valence-corrected chi connectivity index (χ0v) is 13.5. The molecule has 1 aromatic carbocycles. The fourth-order valence-corrected chi connectivity index (χ4v) is 3.99. The van der Waals surface area contributed by atoms with Crippen molar-refractivity contribution in [2.24, 2.45) is 5.92 Å². The van der Waals surface area contributed by atoms with Crippen LogP contribution in [0.3, 0.4) is 0 Å². The Bertz CT molecular complexity index is 650. The summed E-state index contributed by atoms with van der Waals surface area (Å²) in [5, 5.41) is 13.2. The Morgan fingerprint density at radius 1 is 1.32 bits per heavy atom. The van der Waals surface area contributed by atoms with Crippen molar-refractivity contribution >= 4 is 35.0 Å². The van der Waals surface area contributed by atoms with E-state index < -0.39 is 5.91 Å². The van der Waals surface area contributed by atoms with Gasteiger partial charge < -0.3 is 15.3 Å². The van der Waals surface area contributed by atoms with Crippen LogP contribution in [0.1, 0.15) is 30.1 Å². The summed E-state index contributed by atoms with van der Waals surface area (Å²) in [4.78, 5) is 25.7. The highest BCUT2D eigenvalue weighted by Crippen LogP contribution is 2.38. The number of aromatic hydroxyl groups is 1. The maximum absolute atomic E-state index is 12.3. The van der Waals surface area contributed by atoms with E-state index in [-0.39, 0.29) is 40.2 Å². The van der Waals surface area contributed by atoms with Crippen LogP contribution in [0.15, 0.2) is 12.1 Å². The predicted molar refractivity (Wildman–Crippen MR) is 83.3 cm³/mol. The smallest absolute Gasteiger partial charge is 0.255 e. The van der Waals surface area contributed by atoms with Crippen LogP contribution < -0.4 is 5.32 Å². The molecule has 1 aliphatic heterocycles. The molecular weight excluding hydrogens is 327 g/mol. The highest BCUT2D eigenvalue weighted by Gasteiger charge is 2.46. The second kappa shape index (κ2) is 5.63. The summed E-state index contributed by atoms with van der Waals surface area (Å²) in [6.07, 6.45) is 1.65. The summed E-state index contributed by atoms with van der Waals surface area (Å²) in [6, 6.07) is 2.99. The van der Waals surface area contributed by atoms with Crippen LogP contribution in [0, 0.1) is 5.92 Å². The minimum absolute atomic E-state index is 0.00487. The second-order valence-electron chi connectivity index (χ2n) is 5.92. The lowest BCUT2D eigenvalue weighted by Crippen LogP contribution is -2.47. The number of halogens is 2. The zero-order valence-electron chi connectivity index (χ0n) is 12.0. The lowest BCUT2D eigenvalue weighted by atomic mass is 10.0. The van der Waals surface area contributed by atoms with Gasteiger partial charge in [-0.3, -0.25) is 9.59 Å². The Balaban J connectivity index is 1.71. The van der Waals surface area contributed by atoms with E-state index in [1.807, 2.05) is 4.90 Å². The van der Waals surface area contributed by atoms with Gasteiger partial charge in [-0.25, -0.2) is 0 Å². The number of fused-ring (bicyclic) bond motifs is 2. The van der Waals surface area contributed by atoms with Crippen molar-refractivity contribution < 1.29 is 14.7 Å². The molecule has 2 fully saturated rings. The number of phenols is 1. The summed E-state index contributed by atoms with van der Waals surface area (Å²) in [5.41, 5.74) is 0.0729. The van der Waals surface area contributed by atoms with E-state index >= 15 is 0 Å². The van der Waals surface area contributed by atoms with Gasteiger partial charge in [-0.15, -0.1) is 0 Å². The largest absolute Gasteiger partial charge is 0.506 e. The molecule has 1 heterocycles. The molecule has 1 saturated heterocycles. The maximum Gasteiger partial charge on any atom is 0.255 e. The minimum Gasteiger partial charge on any atom is -0.506 e. The molecule has 2 amide bonds. The van der Waals surface area contributed by atoms with Crippen LogP contribution in [0.2, 0.25) is 10.0 Å². The average molecular weight is 343 g/mol. The number of likely N-dealkylation sites (tertiary alicyclic amines) is 1. The third-order valence-corrected chi connectivity index (χ3v) is 5.04. The number of benzene rings is 1. The number of carbonyl (C=O) groups excluding carboxylic acids is 2. The number of hydrogen-bond acceptors (Lipinski definition) is 3. The third kappa shape index (κ3) is 2.63. The molecule has 3 rings (SSSR count). The molecule has 22 heavy (non-hydrogen) atoms. The number of nitrogens with one attached hydrogen (secondary N) is 1. The maximum atomic E-state index is 12.3. The van der Waals surface area contributed by atoms with Gasteiger partial charge in [0.15, 0.2) is 0 Å². The summed E-state index contributed by atoms with van der Waals surface area (Å²) >= 11 is 11.7. The molecule has 2 N–H and O–H groups in total. The second-order valence-corrected chi connectivity index (χ2v) is 6.76. The van der Waals surface area contributed by atoms with Gasteiger partial charge in [-0.1, -0.05) is 23.2 Å². The molecule has 2 bridgehead atoms. The topological polar surface area (TPSA) is 69.6 Å². The first-order valence-electron chi connectivity index (χ1n) is 7.13. The van der Waals surface area contributed by atoms with Crippen LogP contribution in [0.25, 0.3) is 0 Å². The lowest BCUT2D eigenvalue weighted by molar-refractivity contribution is -0.130. The van der Waals surface area contributed by atoms with Crippen molar-refractivity contribution in [1.29, 1.82) is 0 Å². The van der Waals surface area contributed by atoms with Gasteiger partial charge in [0.25, 0.3) is 5.91 Å². The van der Waals surface area contributed by atoms with E-state index in [0.29, 0.717) is 11.6 Å². The first-order valence-corrected chi connectivity index (χ1v) is 7.88. The Labute approximate surface area is 138 Å². The number of piperidine rings is 1. The van der Waals surface area contributed by atoms with Gasteiger partial charge in [0.1, 0.15) is 5.75 Å². The molecule has 2 aliphatic rings. The molecule has 7 heteroatoms. The summed E-state index contributed by atoms with van der Waals surface area (Å²) in [5.74, 6) is -0.322. The standard InChI is InChI=1S/C15H16Cl2N2O3/c1-7(20)19-6-8-2-10(19)5-13(8)18-15(22)11-3-9(16)4-12(17)14(11)21/h3-4,8,10,13,21H,2,5-6H2,1H3,(H,18,22)/t8-,10-,13+/m1/s1. The number of nitrogens with zero attached hydrogens (tertiary/aromatic N) is 1. The molecule has 118 valence electrons. The van der Waals surface area contributed by atoms with E-state index in [4.69, 9.17) is 23.2 Å². The van der Waals surface area contributed by atoms with Crippen LogP contribution in [0.5, 0.6) is 5.75 Å². The number of rotatable bonds is 2. The van der Waals surface area contributed by atoms with Crippen LogP contribution in [-0.2, 0) is 4.79 Å². The summed E-state index contributed by atoms with van der Waals surface area (Å²) in [6.45, 7) is 2.24. The molecule has 0 radical (unpaired) electrons.